The van der Waals surface area contributed by atoms with Gasteiger partial charge in [0, 0.05) is 25.2 Å². The van der Waals surface area contributed by atoms with E-state index in [-0.39, 0.29) is 6.03 Å². The van der Waals surface area contributed by atoms with Gasteiger partial charge in [-0.05, 0) is 37.1 Å². The molecule has 1 fully saturated rings. The number of carbonyl (C=O) groups excluding carboxylic acids is 1. The summed E-state index contributed by atoms with van der Waals surface area (Å²) >= 11 is 1.50. The van der Waals surface area contributed by atoms with Crippen molar-refractivity contribution in [3.63, 3.8) is 0 Å². The lowest BCUT2D eigenvalue weighted by atomic mass is 9.96. The van der Waals surface area contributed by atoms with E-state index in [9.17, 15) is 4.79 Å². The molecule has 1 aliphatic heterocycles. The molecule has 1 saturated heterocycles. The Morgan fingerprint density at radius 1 is 1.07 bits per heavy atom. The zero-order chi connectivity index (χ0) is 18.2. The molecule has 0 atom stereocenters. The number of nitrogens with zero attached hydrogens (tertiary/aromatic N) is 5. The molecule has 8 heteroatoms. The molecular weight excluding hydrogens is 360 g/mol. The summed E-state index contributed by atoms with van der Waals surface area (Å²) in [7, 11) is 0. The third kappa shape index (κ3) is 3.02. The summed E-state index contributed by atoms with van der Waals surface area (Å²) in [5, 5.41) is 12.2. The molecule has 0 radical (unpaired) electrons. The van der Waals surface area contributed by atoms with E-state index in [1.165, 1.54) is 11.3 Å². The quantitative estimate of drug-likeness (QED) is 0.576. The summed E-state index contributed by atoms with van der Waals surface area (Å²) in [5.41, 5.74) is 1.78. The molecule has 2 amide bonds. The van der Waals surface area contributed by atoms with Crippen molar-refractivity contribution in [1.29, 1.82) is 0 Å². The smallest absolute Gasteiger partial charge is 0.323 e. The van der Waals surface area contributed by atoms with Gasteiger partial charge in [-0.2, -0.15) is 0 Å². The van der Waals surface area contributed by atoms with Gasteiger partial charge in [-0.25, -0.2) is 9.78 Å². The van der Waals surface area contributed by atoms with Crippen LogP contribution in [0.5, 0.6) is 0 Å². The predicted molar refractivity (Wildman–Crippen MR) is 105 cm³/mol. The highest BCUT2D eigenvalue weighted by Crippen LogP contribution is 2.29. The normalized spacial score (nSPS) is 15.5. The van der Waals surface area contributed by atoms with Crippen molar-refractivity contribution in [3.8, 4) is 0 Å². The van der Waals surface area contributed by atoms with Gasteiger partial charge in [0.1, 0.15) is 5.82 Å². The van der Waals surface area contributed by atoms with Gasteiger partial charge >= 0.3 is 6.03 Å². The summed E-state index contributed by atoms with van der Waals surface area (Å²) < 4.78 is 3.12. The number of thiazole rings is 1. The molecule has 0 saturated carbocycles. The number of hydrogen-bond donors (Lipinski definition) is 1. The van der Waals surface area contributed by atoms with E-state index < -0.39 is 0 Å². The van der Waals surface area contributed by atoms with Crippen LogP contribution in [-0.4, -0.2) is 43.6 Å². The van der Waals surface area contributed by atoms with Gasteiger partial charge < -0.3 is 4.90 Å². The summed E-state index contributed by atoms with van der Waals surface area (Å²) in [5.74, 6) is 1.30. The fraction of sp³-hybridized carbons (Fsp3) is 0.263. The second-order valence-electron chi connectivity index (χ2n) is 6.67. The first-order valence-corrected chi connectivity index (χ1v) is 9.81. The molecule has 0 spiro atoms. The summed E-state index contributed by atoms with van der Waals surface area (Å²) in [6, 6.07) is 13.7. The highest BCUT2D eigenvalue weighted by atomic mass is 32.1. The molecule has 0 unspecified atom stereocenters. The topological polar surface area (TPSA) is 75.4 Å². The molecule has 0 bridgehead atoms. The first-order chi connectivity index (χ1) is 13.3. The minimum absolute atomic E-state index is 0.0846. The molecule has 7 nitrogen and oxygen atoms in total. The number of benzene rings is 1. The van der Waals surface area contributed by atoms with E-state index in [0.717, 1.165) is 34.5 Å². The van der Waals surface area contributed by atoms with Crippen molar-refractivity contribution in [2.24, 2.45) is 0 Å². The Labute approximate surface area is 159 Å². The molecule has 5 rings (SSSR count). The lowest BCUT2D eigenvalue weighted by molar-refractivity contribution is 0.193. The van der Waals surface area contributed by atoms with E-state index in [0.29, 0.717) is 24.1 Å². The average molecular weight is 378 g/mol. The van der Waals surface area contributed by atoms with Gasteiger partial charge in [0.2, 0.25) is 0 Å². The monoisotopic (exact) mass is 378 g/mol. The summed E-state index contributed by atoms with van der Waals surface area (Å²) in [6.07, 6.45) is 3.75. The van der Waals surface area contributed by atoms with Crippen LogP contribution in [0, 0.1) is 0 Å². The number of piperidine rings is 1. The Bertz CT molecular complexity index is 1080. The van der Waals surface area contributed by atoms with Crippen molar-refractivity contribution in [2.45, 2.75) is 18.8 Å². The molecule has 4 heterocycles. The van der Waals surface area contributed by atoms with Crippen molar-refractivity contribution < 1.29 is 4.79 Å². The molecule has 136 valence electrons. The van der Waals surface area contributed by atoms with E-state index in [2.05, 4.69) is 20.5 Å². The highest BCUT2D eigenvalue weighted by Gasteiger charge is 2.27. The predicted octanol–water partition coefficient (Wildman–Crippen LogP) is 3.75. The van der Waals surface area contributed by atoms with Crippen LogP contribution >= 0.6 is 11.3 Å². The number of hydrogen-bond acceptors (Lipinski definition) is 5. The Morgan fingerprint density at radius 3 is 2.74 bits per heavy atom. The number of urea groups is 1. The zero-order valence-corrected chi connectivity index (χ0v) is 15.4. The van der Waals surface area contributed by atoms with Gasteiger partial charge in [0.15, 0.2) is 10.8 Å². The number of aromatic nitrogens is 4. The number of anilines is 1. The lowest BCUT2D eigenvalue weighted by Gasteiger charge is -2.30. The number of amides is 2. The number of fused-ring (bicyclic) bond motifs is 2. The molecule has 0 aliphatic carbocycles. The van der Waals surface area contributed by atoms with Crippen LogP contribution in [0.2, 0.25) is 0 Å². The van der Waals surface area contributed by atoms with Crippen LogP contribution in [0.4, 0.5) is 9.93 Å². The van der Waals surface area contributed by atoms with Gasteiger partial charge in [-0.15, -0.1) is 10.2 Å². The Hall–Kier alpha value is -3.00. The maximum Gasteiger partial charge on any atom is 0.323 e. The number of rotatable bonds is 2. The third-order valence-corrected chi connectivity index (χ3v) is 5.95. The molecule has 4 aromatic rings. The Morgan fingerprint density at radius 2 is 1.89 bits per heavy atom. The number of para-hydroxylation sites is 1. The van der Waals surface area contributed by atoms with E-state index in [4.69, 9.17) is 0 Å². The van der Waals surface area contributed by atoms with Crippen molar-refractivity contribution in [3.05, 3.63) is 54.5 Å². The summed E-state index contributed by atoms with van der Waals surface area (Å²) in [6.45, 7) is 1.40. The minimum atomic E-state index is -0.0846. The fourth-order valence-corrected chi connectivity index (χ4v) is 4.43. The fourth-order valence-electron chi connectivity index (χ4n) is 3.58. The highest BCUT2D eigenvalue weighted by molar-refractivity contribution is 7.22. The first kappa shape index (κ1) is 16.2. The Balaban J connectivity index is 1.25. The second kappa shape index (κ2) is 6.62. The standard InChI is InChI=1S/C19H18N6OS/c26-19(21-18-20-14-5-1-2-6-15(14)27-18)24-11-8-13(9-12-24)17-23-22-16-7-3-4-10-25(16)17/h1-7,10,13H,8-9,11-12H2,(H,20,21,26). The molecule has 1 aliphatic rings. The lowest BCUT2D eigenvalue weighted by Crippen LogP contribution is -2.40. The van der Waals surface area contributed by atoms with Crippen LogP contribution in [0.15, 0.2) is 48.7 Å². The van der Waals surface area contributed by atoms with Crippen LogP contribution < -0.4 is 5.32 Å². The maximum atomic E-state index is 12.6. The van der Waals surface area contributed by atoms with Crippen LogP contribution in [-0.2, 0) is 0 Å². The van der Waals surface area contributed by atoms with Crippen molar-refractivity contribution in [1.82, 2.24) is 24.5 Å². The number of nitrogens with one attached hydrogen (secondary N) is 1. The second-order valence-corrected chi connectivity index (χ2v) is 7.70. The first-order valence-electron chi connectivity index (χ1n) is 8.99. The van der Waals surface area contributed by atoms with Crippen LogP contribution in [0.3, 0.4) is 0 Å². The van der Waals surface area contributed by atoms with Gasteiger partial charge in [-0.3, -0.25) is 9.72 Å². The van der Waals surface area contributed by atoms with Crippen LogP contribution in [0.1, 0.15) is 24.6 Å². The Kier molecular flexibility index (Phi) is 3.97. The van der Waals surface area contributed by atoms with Crippen molar-refractivity contribution in [2.75, 3.05) is 18.4 Å². The summed E-state index contributed by atoms with van der Waals surface area (Å²) in [4.78, 5) is 18.9. The van der Waals surface area contributed by atoms with E-state index in [1.807, 2.05) is 58.0 Å². The third-order valence-electron chi connectivity index (χ3n) is 5.00. The SMILES string of the molecule is O=C(Nc1nc2ccccc2s1)N1CCC(c2nnc3ccccn23)CC1. The van der Waals surface area contributed by atoms with Gasteiger partial charge in [0.25, 0.3) is 0 Å². The van der Waals surface area contributed by atoms with Gasteiger partial charge in [0.05, 0.1) is 10.2 Å². The van der Waals surface area contributed by atoms with E-state index in [1.54, 1.807) is 0 Å². The molecule has 27 heavy (non-hydrogen) atoms. The zero-order valence-electron chi connectivity index (χ0n) is 14.6. The maximum absolute atomic E-state index is 12.6. The van der Waals surface area contributed by atoms with Gasteiger partial charge in [-0.1, -0.05) is 29.5 Å². The largest absolute Gasteiger partial charge is 0.324 e. The number of carbonyl (C=O) groups is 1. The van der Waals surface area contributed by atoms with E-state index >= 15 is 0 Å². The number of pyridine rings is 1. The molecule has 3 aromatic heterocycles. The molecule has 1 N–H and O–H groups in total. The molecular formula is C19H18N6OS. The van der Waals surface area contributed by atoms with Crippen molar-refractivity contribution >= 4 is 38.4 Å². The molecule has 1 aromatic carbocycles. The number of likely N-dealkylation sites (tertiary alicyclic amines) is 1. The average Bonchev–Trinajstić information content (AvgIpc) is 3.31. The van der Waals surface area contributed by atoms with Crippen LogP contribution in [0.25, 0.3) is 15.9 Å². The minimum Gasteiger partial charge on any atom is -0.324 e.